The van der Waals surface area contributed by atoms with Gasteiger partial charge in [-0.1, -0.05) is 17.7 Å². The first-order valence-electron chi connectivity index (χ1n) is 6.77. The van der Waals surface area contributed by atoms with Gasteiger partial charge in [0.25, 0.3) is 0 Å². The van der Waals surface area contributed by atoms with E-state index in [0.717, 1.165) is 17.3 Å². The van der Waals surface area contributed by atoms with Gasteiger partial charge in [0.2, 0.25) is 0 Å². The van der Waals surface area contributed by atoms with Crippen molar-refractivity contribution in [1.82, 2.24) is 5.32 Å². The Morgan fingerprint density at radius 2 is 2.26 bits per heavy atom. The van der Waals surface area contributed by atoms with Crippen LogP contribution in [0, 0.1) is 11.3 Å². The number of hydrogen-bond donors (Lipinski definition) is 1. The molecule has 0 aliphatic heterocycles. The van der Waals surface area contributed by atoms with Crippen LogP contribution in [0.2, 0.25) is 5.02 Å². The summed E-state index contributed by atoms with van der Waals surface area (Å²) in [6, 6.07) is 9.30. The normalized spacial score (nSPS) is 15.9. The summed E-state index contributed by atoms with van der Waals surface area (Å²) in [6.45, 7) is 2.88. The lowest BCUT2D eigenvalue weighted by Crippen LogP contribution is -2.27. The Labute approximate surface area is 120 Å². The molecule has 0 amide bonds. The number of nitrogens with zero attached hydrogens (tertiary/aromatic N) is 2. The molecule has 1 unspecified atom stereocenters. The molecule has 1 aliphatic carbocycles. The lowest BCUT2D eigenvalue weighted by atomic mass is 10.1. The summed E-state index contributed by atoms with van der Waals surface area (Å²) < 4.78 is 0. The minimum Gasteiger partial charge on any atom is -0.366 e. The number of hydrogen-bond acceptors (Lipinski definition) is 3. The second-order valence-corrected chi connectivity index (χ2v) is 5.46. The molecule has 4 heteroatoms. The topological polar surface area (TPSA) is 39.1 Å². The van der Waals surface area contributed by atoms with E-state index in [0.29, 0.717) is 18.5 Å². The molecule has 1 aromatic carbocycles. The van der Waals surface area contributed by atoms with Crippen LogP contribution >= 0.6 is 11.6 Å². The molecule has 0 heterocycles. The van der Waals surface area contributed by atoms with Crippen molar-refractivity contribution in [2.75, 3.05) is 18.5 Å². The fraction of sp³-hybridized carbons (Fsp3) is 0.533. The maximum absolute atomic E-state index is 8.76. The Balaban J connectivity index is 2.20. The molecule has 1 N–H and O–H groups in total. The monoisotopic (exact) mass is 277 g/mol. The lowest BCUT2D eigenvalue weighted by Gasteiger charge is -2.25. The Bertz CT molecular complexity index is 477. The molecular formula is C15H20ClN3. The van der Waals surface area contributed by atoms with Crippen LogP contribution in [-0.2, 0) is 0 Å². The molecule has 1 atom stereocenters. The van der Waals surface area contributed by atoms with Crippen LogP contribution in [0.4, 0.5) is 5.69 Å². The van der Waals surface area contributed by atoms with Crippen molar-refractivity contribution in [3.05, 3.63) is 28.8 Å². The molecule has 0 radical (unpaired) electrons. The predicted molar refractivity (Wildman–Crippen MR) is 79.5 cm³/mol. The maximum Gasteiger partial charge on any atom is 0.0643 e. The summed E-state index contributed by atoms with van der Waals surface area (Å²) in [4.78, 5) is 2.28. The van der Waals surface area contributed by atoms with Gasteiger partial charge in [-0.2, -0.15) is 5.26 Å². The Morgan fingerprint density at radius 3 is 2.79 bits per heavy atom. The quantitative estimate of drug-likeness (QED) is 0.865. The molecule has 0 spiro atoms. The van der Waals surface area contributed by atoms with Gasteiger partial charge in [-0.25, -0.2) is 0 Å². The van der Waals surface area contributed by atoms with E-state index in [1.807, 2.05) is 13.1 Å². The van der Waals surface area contributed by atoms with Crippen molar-refractivity contribution >= 4 is 17.3 Å². The smallest absolute Gasteiger partial charge is 0.0643 e. The zero-order valence-corrected chi connectivity index (χ0v) is 12.2. The average Bonchev–Trinajstić information content (AvgIpc) is 3.24. The van der Waals surface area contributed by atoms with Crippen LogP contribution in [0.1, 0.15) is 37.8 Å². The fourth-order valence-corrected chi connectivity index (χ4v) is 2.55. The number of nitriles is 1. The van der Waals surface area contributed by atoms with Crippen LogP contribution < -0.4 is 10.2 Å². The van der Waals surface area contributed by atoms with Crippen LogP contribution in [0.3, 0.4) is 0 Å². The summed E-state index contributed by atoms with van der Waals surface area (Å²) in [6.07, 6.45) is 2.95. The Kier molecular flexibility index (Phi) is 4.68. The Hall–Kier alpha value is -1.24. The maximum atomic E-state index is 8.76. The zero-order chi connectivity index (χ0) is 13.8. The highest BCUT2D eigenvalue weighted by Crippen LogP contribution is 2.36. The third kappa shape index (κ3) is 3.40. The van der Waals surface area contributed by atoms with Gasteiger partial charge in [-0.3, -0.25) is 0 Å². The summed E-state index contributed by atoms with van der Waals surface area (Å²) in [5.41, 5.74) is 2.25. The van der Waals surface area contributed by atoms with Crippen molar-refractivity contribution in [3.8, 4) is 6.07 Å². The molecule has 3 nitrogen and oxygen atoms in total. The molecule has 0 aromatic heterocycles. The molecule has 0 saturated heterocycles. The number of rotatable bonds is 6. The van der Waals surface area contributed by atoms with Gasteiger partial charge in [0.15, 0.2) is 0 Å². The number of benzene rings is 1. The average molecular weight is 278 g/mol. The predicted octanol–water partition coefficient (Wildman–Crippen LogP) is 3.50. The molecule has 19 heavy (non-hydrogen) atoms. The number of halogens is 1. The van der Waals surface area contributed by atoms with Gasteiger partial charge in [-0.15, -0.1) is 0 Å². The SMILES string of the molecule is CNC(C)c1ccc(N(CCC#N)C2CC2)c(Cl)c1. The van der Waals surface area contributed by atoms with Crippen LogP contribution in [-0.4, -0.2) is 19.6 Å². The first-order valence-corrected chi connectivity index (χ1v) is 7.15. The van der Waals surface area contributed by atoms with E-state index in [1.165, 1.54) is 18.4 Å². The van der Waals surface area contributed by atoms with Gasteiger partial charge < -0.3 is 10.2 Å². The summed E-state index contributed by atoms with van der Waals surface area (Å²) >= 11 is 6.42. The molecule has 1 fully saturated rings. The van der Waals surface area contributed by atoms with Crippen molar-refractivity contribution in [2.24, 2.45) is 0 Å². The second-order valence-electron chi connectivity index (χ2n) is 5.05. The van der Waals surface area contributed by atoms with Gasteiger partial charge in [0, 0.05) is 18.6 Å². The van der Waals surface area contributed by atoms with Gasteiger partial charge in [0.05, 0.1) is 23.2 Å². The molecule has 0 bridgehead atoms. The van der Waals surface area contributed by atoms with Crippen molar-refractivity contribution < 1.29 is 0 Å². The molecular weight excluding hydrogens is 258 g/mol. The van der Waals surface area contributed by atoms with Gasteiger partial charge in [-0.05, 0) is 44.5 Å². The zero-order valence-electron chi connectivity index (χ0n) is 11.5. The minimum absolute atomic E-state index is 0.292. The fourth-order valence-electron chi connectivity index (χ4n) is 2.25. The van der Waals surface area contributed by atoms with E-state index in [9.17, 15) is 0 Å². The van der Waals surface area contributed by atoms with E-state index in [-0.39, 0.29) is 0 Å². The molecule has 1 saturated carbocycles. The van der Waals surface area contributed by atoms with Crippen molar-refractivity contribution in [3.63, 3.8) is 0 Å². The summed E-state index contributed by atoms with van der Waals surface area (Å²) in [5, 5.41) is 12.8. The second kappa shape index (κ2) is 6.27. The largest absolute Gasteiger partial charge is 0.366 e. The highest BCUT2D eigenvalue weighted by atomic mass is 35.5. The van der Waals surface area contributed by atoms with E-state index in [4.69, 9.17) is 16.9 Å². The van der Waals surface area contributed by atoms with Crippen molar-refractivity contribution in [1.29, 1.82) is 5.26 Å². The number of nitrogens with one attached hydrogen (secondary N) is 1. The van der Waals surface area contributed by atoms with Gasteiger partial charge >= 0.3 is 0 Å². The first kappa shape index (κ1) is 14.2. The van der Waals surface area contributed by atoms with E-state index >= 15 is 0 Å². The molecule has 1 aromatic rings. The third-order valence-electron chi connectivity index (χ3n) is 3.67. The molecule has 2 rings (SSSR count). The minimum atomic E-state index is 0.292. The Morgan fingerprint density at radius 1 is 1.53 bits per heavy atom. The van der Waals surface area contributed by atoms with Crippen LogP contribution in [0.25, 0.3) is 0 Å². The lowest BCUT2D eigenvalue weighted by molar-refractivity contribution is 0.652. The van der Waals surface area contributed by atoms with Crippen LogP contribution in [0.15, 0.2) is 18.2 Å². The molecule has 1 aliphatic rings. The van der Waals surface area contributed by atoms with E-state index in [1.54, 1.807) is 0 Å². The first-order chi connectivity index (χ1) is 9.17. The van der Waals surface area contributed by atoms with E-state index in [2.05, 4.69) is 35.3 Å². The van der Waals surface area contributed by atoms with Crippen molar-refractivity contribution in [2.45, 2.75) is 38.3 Å². The highest BCUT2D eigenvalue weighted by molar-refractivity contribution is 6.33. The summed E-state index contributed by atoms with van der Waals surface area (Å²) in [7, 11) is 1.94. The summed E-state index contributed by atoms with van der Waals surface area (Å²) in [5.74, 6) is 0. The van der Waals surface area contributed by atoms with Crippen LogP contribution in [0.5, 0.6) is 0 Å². The number of anilines is 1. The third-order valence-corrected chi connectivity index (χ3v) is 3.97. The molecule has 102 valence electrons. The van der Waals surface area contributed by atoms with Gasteiger partial charge in [0.1, 0.15) is 0 Å². The highest BCUT2D eigenvalue weighted by Gasteiger charge is 2.30. The standard InChI is InChI=1S/C15H20ClN3/c1-11(18-2)12-4-7-15(14(16)10-12)19(9-3-8-17)13-5-6-13/h4,7,10-11,13,18H,3,5-6,9H2,1-2H3. The van der Waals surface area contributed by atoms with E-state index < -0.39 is 0 Å².